The lowest BCUT2D eigenvalue weighted by Crippen LogP contribution is -2.16. The van der Waals surface area contributed by atoms with E-state index in [4.69, 9.17) is 0 Å². The van der Waals surface area contributed by atoms with E-state index in [2.05, 4.69) is 20.5 Å². The fourth-order valence-corrected chi connectivity index (χ4v) is 0.813. The molecule has 0 radical (unpaired) electrons. The van der Waals surface area contributed by atoms with E-state index in [1.54, 1.807) is 0 Å². The molecule has 0 saturated carbocycles. The topological polar surface area (TPSA) is 72.4 Å². The molecule has 6 heteroatoms. The molecule has 0 aromatic rings. The Morgan fingerprint density at radius 3 is 2.44 bits per heavy atom. The van der Waals surface area contributed by atoms with Crippen molar-refractivity contribution in [1.29, 1.82) is 0 Å². The van der Waals surface area contributed by atoms with Gasteiger partial charge >= 0.3 is 0 Å². The van der Waals surface area contributed by atoms with Gasteiger partial charge in [-0.1, -0.05) is 15.9 Å². The molecular weight excluding hydrogens is 211 g/mol. The van der Waals surface area contributed by atoms with Gasteiger partial charge in [-0.15, -0.1) is 0 Å². The molecule has 0 aromatic heterocycles. The molecule has 0 aliphatic heterocycles. The van der Waals surface area contributed by atoms with E-state index in [-0.39, 0.29) is 6.61 Å². The second kappa shape index (κ2) is 4.41. The second-order valence-electron chi connectivity index (χ2n) is 1.32. The van der Waals surface area contributed by atoms with Gasteiger partial charge in [-0.3, -0.25) is 0 Å². The number of alkyl halides is 1. The van der Waals surface area contributed by atoms with Crippen molar-refractivity contribution in [3.63, 3.8) is 0 Å². The lowest BCUT2D eigenvalue weighted by atomic mass is 10.5. The van der Waals surface area contributed by atoms with E-state index in [1.165, 1.54) is 0 Å². The van der Waals surface area contributed by atoms with Crippen LogP contribution in [0.4, 0.5) is 0 Å². The van der Waals surface area contributed by atoms with Gasteiger partial charge in [-0.2, -0.15) is 0 Å². The molecule has 0 saturated heterocycles. The van der Waals surface area contributed by atoms with E-state index in [1.807, 2.05) is 0 Å². The Labute approximate surface area is 61.6 Å². The fraction of sp³-hybridized carbons (Fsp3) is 1.00. The smallest absolute Gasteiger partial charge is 0.0596 e. The monoisotopic (exact) mass is 216 g/mol. The third kappa shape index (κ3) is 8.59. The highest BCUT2D eigenvalue weighted by Crippen LogP contribution is 2.24. The van der Waals surface area contributed by atoms with Crippen LogP contribution in [0.1, 0.15) is 6.42 Å². The fourth-order valence-electron chi connectivity index (χ4n) is 0.231. The van der Waals surface area contributed by atoms with Crippen molar-refractivity contribution in [2.45, 2.75) is 6.42 Å². The Kier molecular flexibility index (Phi) is 4.70. The lowest BCUT2D eigenvalue weighted by Gasteiger charge is -2.28. The van der Waals surface area contributed by atoms with Gasteiger partial charge in [0.25, 0.3) is 0 Å². The molecular formula is C3H6BrO4P-2. The van der Waals surface area contributed by atoms with E-state index in [0.717, 1.165) is 0 Å². The number of phosphoric ester groups is 1. The summed E-state index contributed by atoms with van der Waals surface area (Å²) in [6.07, 6.45) is 0.522. The average Bonchev–Trinajstić information content (AvgIpc) is 1.63. The Bertz CT molecular complexity index is 110. The molecule has 0 rings (SSSR count). The molecule has 0 heterocycles. The van der Waals surface area contributed by atoms with Crippen molar-refractivity contribution in [1.82, 2.24) is 0 Å². The van der Waals surface area contributed by atoms with Crippen molar-refractivity contribution >= 4 is 23.8 Å². The zero-order valence-electron chi connectivity index (χ0n) is 4.58. The number of halogens is 1. The summed E-state index contributed by atoms with van der Waals surface area (Å²) < 4.78 is 13.6. The minimum Gasteiger partial charge on any atom is -0.790 e. The molecule has 0 N–H and O–H groups in total. The van der Waals surface area contributed by atoms with E-state index >= 15 is 0 Å². The molecule has 0 atom stereocenters. The summed E-state index contributed by atoms with van der Waals surface area (Å²) >= 11 is 3.04. The summed E-state index contributed by atoms with van der Waals surface area (Å²) in [4.78, 5) is 19.5. The molecule has 0 unspecified atom stereocenters. The van der Waals surface area contributed by atoms with Crippen molar-refractivity contribution in [3.05, 3.63) is 0 Å². The second-order valence-corrected chi connectivity index (χ2v) is 3.27. The predicted octanol–water partition coefficient (Wildman–Crippen LogP) is -0.383. The third-order valence-electron chi connectivity index (χ3n) is 0.527. The Morgan fingerprint density at radius 2 is 2.11 bits per heavy atom. The number of phosphoric acid groups is 1. The van der Waals surface area contributed by atoms with Crippen LogP contribution in [0.25, 0.3) is 0 Å². The quantitative estimate of drug-likeness (QED) is 0.365. The average molecular weight is 217 g/mol. The van der Waals surface area contributed by atoms with Crippen LogP contribution in [0, 0.1) is 0 Å². The summed E-state index contributed by atoms with van der Waals surface area (Å²) in [5, 5.41) is 0.632. The molecule has 0 bridgehead atoms. The molecule has 0 spiro atoms. The largest absolute Gasteiger partial charge is 0.790 e. The van der Waals surface area contributed by atoms with Gasteiger partial charge in [-0.25, -0.2) is 0 Å². The highest BCUT2D eigenvalue weighted by Gasteiger charge is 1.88. The zero-order valence-corrected chi connectivity index (χ0v) is 7.06. The minimum absolute atomic E-state index is 0.0322. The first-order valence-electron chi connectivity index (χ1n) is 2.29. The summed E-state index contributed by atoms with van der Waals surface area (Å²) in [6.45, 7) is -0.0322. The standard InChI is InChI=1S/C3H8BrO4P/c4-2-1-3-8-9(5,6)7/h1-3H2,(H2,5,6,7)/p-2. The SMILES string of the molecule is O=P([O-])([O-])OCCCBr. The van der Waals surface area contributed by atoms with Crippen LogP contribution in [-0.4, -0.2) is 11.9 Å². The van der Waals surface area contributed by atoms with Crippen LogP contribution in [0.5, 0.6) is 0 Å². The number of hydrogen-bond acceptors (Lipinski definition) is 4. The molecule has 0 aromatic carbocycles. The van der Waals surface area contributed by atoms with Gasteiger partial charge in [0.05, 0.1) is 14.4 Å². The Hall–Kier alpha value is 0.590. The summed E-state index contributed by atoms with van der Waals surface area (Å²) in [6, 6.07) is 0. The van der Waals surface area contributed by atoms with E-state index < -0.39 is 7.82 Å². The molecule has 0 aliphatic carbocycles. The van der Waals surface area contributed by atoms with Gasteiger partial charge in [0, 0.05) is 5.33 Å². The van der Waals surface area contributed by atoms with E-state index in [9.17, 15) is 14.4 Å². The molecule has 0 aliphatic rings. The van der Waals surface area contributed by atoms with Gasteiger partial charge in [0.2, 0.25) is 0 Å². The number of rotatable bonds is 4. The van der Waals surface area contributed by atoms with Crippen molar-refractivity contribution in [2.75, 3.05) is 11.9 Å². The first kappa shape index (κ1) is 9.59. The van der Waals surface area contributed by atoms with Crippen LogP contribution >= 0.6 is 23.8 Å². The van der Waals surface area contributed by atoms with Crippen LogP contribution in [0.15, 0.2) is 0 Å². The molecule has 56 valence electrons. The van der Waals surface area contributed by atoms with Gasteiger partial charge in [0.1, 0.15) is 0 Å². The first-order chi connectivity index (χ1) is 4.06. The maximum atomic E-state index is 9.74. The van der Waals surface area contributed by atoms with Crippen molar-refractivity contribution in [2.24, 2.45) is 0 Å². The van der Waals surface area contributed by atoms with Crippen LogP contribution in [0.2, 0.25) is 0 Å². The molecule has 9 heavy (non-hydrogen) atoms. The lowest BCUT2D eigenvalue weighted by molar-refractivity contribution is -0.341. The predicted molar refractivity (Wildman–Crippen MR) is 32.0 cm³/mol. The summed E-state index contributed by atoms with van der Waals surface area (Å²) in [5.74, 6) is 0. The maximum absolute atomic E-state index is 9.74. The molecule has 0 amide bonds. The zero-order chi connectivity index (χ0) is 7.33. The van der Waals surface area contributed by atoms with Gasteiger partial charge in [-0.05, 0) is 6.42 Å². The normalized spacial score (nSPS) is 11.9. The molecule has 4 nitrogen and oxygen atoms in total. The minimum atomic E-state index is -4.72. The first-order valence-corrected chi connectivity index (χ1v) is 4.87. The van der Waals surface area contributed by atoms with Crippen LogP contribution < -0.4 is 9.79 Å². The van der Waals surface area contributed by atoms with Crippen molar-refractivity contribution < 1.29 is 18.9 Å². The number of hydrogen-bond donors (Lipinski definition) is 0. The van der Waals surface area contributed by atoms with Gasteiger partial charge in [0.15, 0.2) is 0 Å². The summed E-state index contributed by atoms with van der Waals surface area (Å²) in [7, 11) is -4.72. The highest BCUT2D eigenvalue weighted by atomic mass is 79.9. The highest BCUT2D eigenvalue weighted by molar-refractivity contribution is 9.09. The van der Waals surface area contributed by atoms with Gasteiger partial charge < -0.3 is 18.9 Å². The molecule has 0 fully saturated rings. The maximum Gasteiger partial charge on any atom is 0.0596 e. The van der Waals surface area contributed by atoms with Crippen LogP contribution in [0.3, 0.4) is 0 Å². The van der Waals surface area contributed by atoms with E-state index in [0.29, 0.717) is 11.8 Å². The Morgan fingerprint density at radius 1 is 1.56 bits per heavy atom. The summed E-state index contributed by atoms with van der Waals surface area (Å²) in [5.41, 5.74) is 0. The van der Waals surface area contributed by atoms with Crippen molar-refractivity contribution in [3.8, 4) is 0 Å². The van der Waals surface area contributed by atoms with Crippen LogP contribution in [-0.2, 0) is 9.09 Å². The Balaban J connectivity index is 3.18. The third-order valence-corrected chi connectivity index (χ3v) is 1.59.